The third-order valence-electron chi connectivity index (χ3n) is 3.29. The smallest absolute Gasteiger partial charge is 0.0695 e. The van der Waals surface area contributed by atoms with E-state index in [-0.39, 0.29) is 6.10 Å². The average molecular weight is 201 g/mol. The van der Waals surface area contributed by atoms with Crippen molar-refractivity contribution in [2.24, 2.45) is 0 Å². The van der Waals surface area contributed by atoms with Crippen molar-refractivity contribution in [3.05, 3.63) is 0 Å². The molecular formula is C10H19NOS. The molecule has 2 fully saturated rings. The van der Waals surface area contributed by atoms with Gasteiger partial charge in [-0.1, -0.05) is 0 Å². The van der Waals surface area contributed by atoms with Gasteiger partial charge in [-0.05, 0) is 26.2 Å². The Morgan fingerprint density at radius 2 is 2.23 bits per heavy atom. The van der Waals surface area contributed by atoms with Gasteiger partial charge in [0.1, 0.15) is 0 Å². The van der Waals surface area contributed by atoms with Gasteiger partial charge in [-0.15, -0.1) is 0 Å². The fourth-order valence-corrected chi connectivity index (χ4v) is 3.58. The maximum Gasteiger partial charge on any atom is 0.0695 e. The summed E-state index contributed by atoms with van der Waals surface area (Å²) in [6, 6.07) is 1.13. The lowest BCUT2D eigenvalue weighted by Gasteiger charge is -2.39. The second kappa shape index (κ2) is 4.20. The summed E-state index contributed by atoms with van der Waals surface area (Å²) >= 11 is 2.04. The van der Waals surface area contributed by atoms with Crippen LogP contribution in [0.2, 0.25) is 0 Å². The van der Waals surface area contributed by atoms with Gasteiger partial charge in [0.15, 0.2) is 0 Å². The van der Waals surface area contributed by atoms with E-state index in [1.807, 2.05) is 11.8 Å². The predicted octanol–water partition coefficient (Wildman–Crippen LogP) is 1.34. The molecule has 1 heterocycles. The molecule has 1 saturated carbocycles. The summed E-state index contributed by atoms with van der Waals surface area (Å²) in [6.45, 7) is 3.46. The first-order valence-corrected chi connectivity index (χ1v) is 6.46. The van der Waals surface area contributed by atoms with Crippen LogP contribution in [0, 0.1) is 0 Å². The van der Waals surface area contributed by atoms with Crippen LogP contribution in [-0.2, 0) is 0 Å². The summed E-state index contributed by atoms with van der Waals surface area (Å²) in [7, 11) is 0. The van der Waals surface area contributed by atoms with Gasteiger partial charge in [0.05, 0.1) is 6.10 Å². The summed E-state index contributed by atoms with van der Waals surface area (Å²) < 4.78 is 0. The Kier molecular flexibility index (Phi) is 3.17. The largest absolute Gasteiger partial charge is 0.391 e. The highest BCUT2D eigenvalue weighted by molar-refractivity contribution is 7.99. The molecule has 1 N–H and O–H groups in total. The molecule has 1 unspecified atom stereocenters. The molecule has 2 nitrogen and oxygen atoms in total. The molecule has 1 aliphatic carbocycles. The second-order valence-corrected chi connectivity index (χ2v) is 5.38. The van der Waals surface area contributed by atoms with Crippen LogP contribution in [0.15, 0.2) is 0 Å². The number of hydrogen-bond acceptors (Lipinski definition) is 3. The van der Waals surface area contributed by atoms with Gasteiger partial charge in [0.25, 0.3) is 0 Å². The Morgan fingerprint density at radius 3 is 2.85 bits per heavy atom. The van der Waals surface area contributed by atoms with E-state index >= 15 is 0 Å². The minimum Gasteiger partial charge on any atom is -0.391 e. The van der Waals surface area contributed by atoms with Crippen molar-refractivity contribution in [1.29, 1.82) is 0 Å². The molecule has 1 aliphatic heterocycles. The van der Waals surface area contributed by atoms with Crippen LogP contribution in [-0.4, -0.2) is 46.2 Å². The van der Waals surface area contributed by atoms with E-state index in [2.05, 4.69) is 11.8 Å². The van der Waals surface area contributed by atoms with Gasteiger partial charge in [-0.3, -0.25) is 4.90 Å². The first kappa shape index (κ1) is 9.81. The molecule has 0 amide bonds. The van der Waals surface area contributed by atoms with Crippen LogP contribution in [0.3, 0.4) is 0 Å². The number of thioether (sulfide) groups is 1. The van der Waals surface area contributed by atoms with E-state index in [4.69, 9.17) is 0 Å². The standard InChI is InChI=1S/C10H19NOS/c1-8-7-13-6-5-11(8)9-3-2-4-10(9)12/h8-10,12H,2-7H2,1H3/t8?,9-,10-/m0/s1. The molecule has 2 aliphatic rings. The molecule has 0 aromatic carbocycles. The van der Waals surface area contributed by atoms with Crippen molar-refractivity contribution < 1.29 is 5.11 Å². The van der Waals surface area contributed by atoms with Crippen molar-refractivity contribution >= 4 is 11.8 Å². The maximum absolute atomic E-state index is 9.81. The van der Waals surface area contributed by atoms with E-state index < -0.39 is 0 Å². The zero-order chi connectivity index (χ0) is 9.26. The van der Waals surface area contributed by atoms with Gasteiger partial charge in [0.2, 0.25) is 0 Å². The summed E-state index contributed by atoms with van der Waals surface area (Å²) in [5.74, 6) is 2.48. The molecule has 0 aromatic rings. The molecule has 3 heteroatoms. The van der Waals surface area contributed by atoms with E-state index in [9.17, 15) is 5.11 Å². The van der Waals surface area contributed by atoms with E-state index in [0.717, 1.165) is 6.42 Å². The molecule has 13 heavy (non-hydrogen) atoms. The fraction of sp³-hybridized carbons (Fsp3) is 1.00. The quantitative estimate of drug-likeness (QED) is 0.692. The summed E-state index contributed by atoms with van der Waals surface area (Å²) in [6.07, 6.45) is 3.38. The lowest BCUT2D eigenvalue weighted by atomic mass is 10.1. The lowest BCUT2D eigenvalue weighted by Crippen LogP contribution is -2.49. The highest BCUT2D eigenvalue weighted by Gasteiger charge is 2.34. The van der Waals surface area contributed by atoms with Gasteiger partial charge >= 0.3 is 0 Å². The Morgan fingerprint density at radius 1 is 1.38 bits per heavy atom. The van der Waals surface area contributed by atoms with Crippen LogP contribution in [0.1, 0.15) is 26.2 Å². The number of aliphatic hydroxyl groups is 1. The third-order valence-corrected chi connectivity index (χ3v) is 4.48. The number of nitrogens with zero attached hydrogens (tertiary/aromatic N) is 1. The molecule has 0 spiro atoms. The molecule has 0 bridgehead atoms. The molecule has 1 saturated heterocycles. The zero-order valence-electron chi connectivity index (χ0n) is 8.28. The van der Waals surface area contributed by atoms with Crippen molar-refractivity contribution in [2.45, 2.75) is 44.4 Å². The molecule has 0 aromatic heterocycles. The Balaban J connectivity index is 1.97. The first-order chi connectivity index (χ1) is 6.29. The minimum absolute atomic E-state index is 0.0504. The van der Waals surface area contributed by atoms with Crippen molar-refractivity contribution in [3.63, 3.8) is 0 Å². The highest BCUT2D eigenvalue weighted by atomic mass is 32.2. The Hall–Kier alpha value is 0.270. The Bertz CT molecular complexity index is 176. The molecule has 3 atom stereocenters. The van der Waals surface area contributed by atoms with Crippen LogP contribution < -0.4 is 0 Å². The van der Waals surface area contributed by atoms with Gasteiger partial charge < -0.3 is 5.11 Å². The van der Waals surface area contributed by atoms with Crippen molar-refractivity contribution in [1.82, 2.24) is 4.90 Å². The SMILES string of the molecule is CC1CSCCN1[C@H]1CCC[C@@H]1O. The molecule has 2 rings (SSSR count). The second-order valence-electron chi connectivity index (χ2n) is 4.23. The minimum atomic E-state index is -0.0504. The van der Waals surface area contributed by atoms with Crippen LogP contribution in [0.5, 0.6) is 0 Å². The highest BCUT2D eigenvalue weighted by Crippen LogP contribution is 2.28. The number of rotatable bonds is 1. The van der Waals surface area contributed by atoms with Crippen molar-refractivity contribution in [2.75, 3.05) is 18.1 Å². The topological polar surface area (TPSA) is 23.5 Å². The molecule has 76 valence electrons. The van der Waals surface area contributed by atoms with E-state index in [1.54, 1.807) is 0 Å². The summed E-state index contributed by atoms with van der Waals surface area (Å²) in [5.41, 5.74) is 0. The van der Waals surface area contributed by atoms with Crippen molar-refractivity contribution in [3.8, 4) is 0 Å². The molecule has 0 radical (unpaired) electrons. The van der Waals surface area contributed by atoms with Gasteiger partial charge in [-0.25, -0.2) is 0 Å². The predicted molar refractivity (Wildman–Crippen MR) is 57.1 cm³/mol. The first-order valence-electron chi connectivity index (χ1n) is 5.30. The summed E-state index contributed by atoms with van der Waals surface area (Å²) in [4.78, 5) is 2.52. The van der Waals surface area contributed by atoms with Crippen LogP contribution in [0.4, 0.5) is 0 Å². The number of aliphatic hydroxyl groups excluding tert-OH is 1. The van der Waals surface area contributed by atoms with Crippen LogP contribution >= 0.6 is 11.8 Å². The van der Waals surface area contributed by atoms with E-state index in [0.29, 0.717) is 12.1 Å². The maximum atomic E-state index is 9.81. The third kappa shape index (κ3) is 2.03. The van der Waals surface area contributed by atoms with Gasteiger partial charge in [0, 0.05) is 30.1 Å². The fourth-order valence-electron chi connectivity index (χ4n) is 2.54. The Labute approximate surface area is 84.7 Å². The molecular weight excluding hydrogens is 182 g/mol. The number of hydrogen-bond donors (Lipinski definition) is 1. The van der Waals surface area contributed by atoms with Gasteiger partial charge in [-0.2, -0.15) is 11.8 Å². The monoisotopic (exact) mass is 201 g/mol. The van der Waals surface area contributed by atoms with E-state index in [1.165, 1.54) is 30.9 Å². The summed E-state index contributed by atoms with van der Waals surface area (Å²) in [5, 5.41) is 9.81. The lowest BCUT2D eigenvalue weighted by molar-refractivity contribution is 0.0554. The van der Waals surface area contributed by atoms with Crippen LogP contribution in [0.25, 0.3) is 0 Å². The zero-order valence-corrected chi connectivity index (χ0v) is 9.09. The average Bonchev–Trinajstić information content (AvgIpc) is 2.52. The normalized spacial score (nSPS) is 42.5.